The molecule has 6 heteroatoms. The largest absolute Gasteiger partial charge is 0.383 e. The Balaban J connectivity index is 2.28. The summed E-state index contributed by atoms with van der Waals surface area (Å²) in [5.41, 5.74) is 12.3. The first-order valence-corrected chi connectivity index (χ1v) is 4.84. The molecule has 0 atom stereocenters. The highest BCUT2D eigenvalue weighted by atomic mass is 15.1. The molecular formula is C11H10N6. The van der Waals surface area contributed by atoms with E-state index in [4.69, 9.17) is 16.7 Å². The fraction of sp³-hybridized carbons (Fsp3) is 0. The fourth-order valence-electron chi connectivity index (χ4n) is 1.36. The second-order valence-electron chi connectivity index (χ2n) is 3.35. The van der Waals surface area contributed by atoms with E-state index in [-0.39, 0.29) is 11.8 Å². The number of nitrogen functional groups attached to an aromatic ring is 2. The number of rotatable bonds is 2. The lowest BCUT2D eigenvalue weighted by Gasteiger charge is -2.06. The van der Waals surface area contributed by atoms with Gasteiger partial charge in [0, 0.05) is 11.8 Å². The highest BCUT2D eigenvalue weighted by Gasteiger charge is 2.01. The van der Waals surface area contributed by atoms with Crippen LogP contribution in [-0.2, 0) is 0 Å². The van der Waals surface area contributed by atoms with Crippen LogP contribution < -0.4 is 16.8 Å². The topological polar surface area (TPSA) is 114 Å². The Morgan fingerprint density at radius 3 is 2.71 bits per heavy atom. The zero-order valence-corrected chi connectivity index (χ0v) is 8.88. The molecule has 0 aliphatic rings. The molecule has 0 aliphatic heterocycles. The SMILES string of the molecule is N#Cc1cccc(Nc2cc(N)nc(N)n2)c1. The minimum absolute atomic E-state index is 0.101. The van der Waals surface area contributed by atoms with E-state index >= 15 is 0 Å². The quantitative estimate of drug-likeness (QED) is 0.710. The van der Waals surface area contributed by atoms with Gasteiger partial charge in [0.25, 0.3) is 0 Å². The summed E-state index contributed by atoms with van der Waals surface area (Å²) < 4.78 is 0. The van der Waals surface area contributed by atoms with E-state index < -0.39 is 0 Å². The standard InChI is InChI=1S/C11H10N6/c12-6-7-2-1-3-8(4-7)15-10-5-9(13)16-11(14)17-10/h1-5H,(H5,13,14,15,16,17). The summed E-state index contributed by atoms with van der Waals surface area (Å²) in [6, 6.07) is 10.6. The van der Waals surface area contributed by atoms with Crippen molar-refractivity contribution in [3.8, 4) is 6.07 Å². The summed E-state index contributed by atoms with van der Waals surface area (Å²) in [6.45, 7) is 0. The maximum absolute atomic E-state index is 8.77. The van der Waals surface area contributed by atoms with E-state index in [0.29, 0.717) is 11.4 Å². The third kappa shape index (κ3) is 2.60. The van der Waals surface area contributed by atoms with Crippen molar-refractivity contribution >= 4 is 23.3 Å². The van der Waals surface area contributed by atoms with Gasteiger partial charge in [-0.1, -0.05) is 6.07 Å². The Morgan fingerprint density at radius 2 is 2.00 bits per heavy atom. The fourth-order valence-corrected chi connectivity index (χ4v) is 1.36. The molecule has 6 nitrogen and oxygen atoms in total. The first kappa shape index (κ1) is 10.7. The van der Waals surface area contributed by atoms with E-state index in [0.717, 1.165) is 5.69 Å². The summed E-state index contributed by atoms with van der Waals surface area (Å²) in [6.07, 6.45) is 0. The molecule has 0 fully saturated rings. The molecule has 1 aromatic carbocycles. The number of nitrogens with two attached hydrogens (primary N) is 2. The van der Waals surface area contributed by atoms with Gasteiger partial charge in [-0.25, -0.2) is 0 Å². The van der Waals surface area contributed by atoms with Crippen molar-refractivity contribution in [2.75, 3.05) is 16.8 Å². The van der Waals surface area contributed by atoms with Gasteiger partial charge < -0.3 is 16.8 Å². The Morgan fingerprint density at radius 1 is 1.18 bits per heavy atom. The summed E-state index contributed by atoms with van der Waals surface area (Å²) in [5.74, 6) is 0.880. The van der Waals surface area contributed by atoms with Crippen molar-refractivity contribution in [3.63, 3.8) is 0 Å². The van der Waals surface area contributed by atoms with Crippen molar-refractivity contribution < 1.29 is 0 Å². The molecule has 0 saturated carbocycles. The molecule has 0 bridgehead atoms. The number of nitrogens with one attached hydrogen (secondary N) is 1. The molecule has 0 spiro atoms. The van der Waals surface area contributed by atoms with Gasteiger partial charge in [0.05, 0.1) is 11.6 Å². The zero-order valence-electron chi connectivity index (χ0n) is 8.88. The van der Waals surface area contributed by atoms with Crippen LogP contribution in [0.4, 0.5) is 23.3 Å². The maximum atomic E-state index is 8.77. The number of hydrogen-bond acceptors (Lipinski definition) is 6. The highest BCUT2D eigenvalue weighted by Crippen LogP contribution is 2.17. The number of aromatic nitrogens is 2. The van der Waals surface area contributed by atoms with Crippen molar-refractivity contribution in [2.24, 2.45) is 0 Å². The Labute approximate surface area is 97.9 Å². The molecule has 1 aromatic heterocycles. The molecule has 0 radical (unpaired) electrons. The van der Waals surface area contributed by atoms with Gasteiger partial charge in [0.1, 0.15) is 11.6 Å². The molecule has 17 heavy (non-hydrogen) atoms. The predicted octanol–water partition coefficient (Wildman–Crippen LogP) is 1.26. The molecular weight excluding hydrogens is 216 g/mol. The first-order valence-electron chi connectivity index (χ1n) is 4.84. The molecule has 1 heterocycles. The van der Waals surface area contributed by atoms with E-state index in [1.54, 1.807) is 24.3 Å². The van der Waals surface area contributed by atoms with Crippen LogP contribution in [-0.4, -0.2) is 9.97 Å². The van der Waals surface area contributed by atoms with E-state index in [9.17, 15) is 0 Å². The molecule has 0 saturated heterocycles. The second-order valence-corrected chi connectivity index (χ2v) is 3.35. The van der Waals surface area contributed by atoms with E-state index in [2.05, 4.69) is 21.4 Å². The molecule has 0 unspecified atom stereocenters. The van der Waals surface area contributed by atoms with Gasteiger partial charge in [-0.3, -0.25) is 0 Å². The lowest BCUT2D eigenvalue weighted by Crippen LogP contribution is -2.02. The second kappa shape index (κ2) is 4.37. The first-order chi connectivity index (χ1) is 8.17. The molecule has 2 rings (SSSR count). The number of hydrogen-bond donors (Lipinski definition) is 3. The lowest BCUT2D eigenvalue weighted by atomic mass is 10.2. The number of nitriles is 1. The molecule has 2 aromatic rings. The minimum atomic E-state index is 0.101. The van der Waals surface area contributed by atoms with Crippen LogP contribution in [0.5, 0.6) is 0 Å². The number of benzene rings is 1. The van der Waals surface area contributed by atoms with Crippen molar-refractivity contribution in [1.82, 2.24) is 9.97 Å². The molecule has 0 amide bonds. The smallest absolute Gasteiger partial charge is 0.223 e. The van der Waals surface area contributed by atoms with Crippen LogP contribution >= 0.6 is 0 Å². The summed E-state index contributed by atoms with van der Waals surface area (Å²) in [5, 5.41) is 11.8. The minimum Gasteiger partial charge on any atom is -0.383 e. The summed E-state index contributed by atoms with van der Waals surface area (Å²) in [7, 11) is 0. The summed E-state index contributed by atoms with van der Waals surface area (Å²) in [4.78, 5) is 7.74. The number of anilines is 4. The van der Waals surface area contributed by atoms with Crippen LogP contribution in [0.2, 0.25) is 0 Å². The van der Waals surface area contributed by atoms with Crippen molar-refractivity contribution in [1.29, 1.82) is 5.26 Å². The average molecular weight is 226 g/mol. The molecule has 5 N–H and O–H groups in total. The van der Waals surface area contributed by atoms with E-state index in [1.807, 2.05) is 6.07 Å². The Hall–Kier alpha value is -2.81. The van der Waals surface area contributed by atoms with Crippen LogP contribution in [0.3, 0.4) is 0 Å². The lowest BCUT2D eigenvalue weighted by molar-refractivity contribution is 1.19. The summed E-state index contributed by atoms with van der Waals surface area (Å²) >= 11 is 0. The van der Waals surface area contributed by atoms with Gasteiger partial charge in [-0.05, 0) is 18.2 Å². The van der Waals surface area contributed by atoms with Gasteiger partial charge in [-0.15, -0.1) is 0 Å². The van der Waals surface area contributed by atoms with Crippen molar-refractivity contribution in [3.05, 3.63) is 35.9 Å². The third-order valence-electron chi connectivity index (χ3n) is 2.03. The maximum Gasteiger partial charge on any atom is 0.223 e. The van der Waals surface area contributed by atoms with Crippen molar-refractivity contribution in [2.45, 2.75) is 0 Å². The Kier molecular flexibility index (Phi) is 2.75. The number of nitrogens with zero attached hydrogens (tertiary/aromatic N) is 3. The van der Waals surface area contributed by atoms with Crippen LogP contribution in [0.25, 0.3) is 0 Å². The van der Waals surface area contributed by atoms with E-state index in [1.165, 1.54) is 0 Å². The zero-order chi connectivity index (χ0) is 12.3. The van der Waals surface area contributed by atoms with Gasteiger partial charge in [0.15, 0.2) is 0 Å². The third-order valence-corrected chi connectivity index (χ3v) is 2.03. The molecule has 0 aliphatic carbocycles. The van der Waals surface area contributed by atoms with Crippen LogP contribution in [0.1, 0.15) is 5.56 Å². The predicted molar refractivity (Wildman–Crippen MR) is 65.3 cm³/mol. The van der Waals surface area contributed by atoms with Gasteiger partial charge in [-0.2, -0.15) is 15.2 Å². The van der Waals surface area contributed by atoms with Gasteiger partial charge in [0.2, 0.25) is 5.95 Å². The van der Waals surface area contributed by atoms with Crippen LogP contribution in [0.15, 0.2) is 30.3 Å². The Bertz CT molecular complexity index is 567. The molecule has 84 valence electrons. The monoisotopic (exact) mass is 226 g/mol. The van der Waals surface area contributed by atoms with Gasteiger partial charge >= 0.3 is 0 Å². The normalized spacial score (nSPS) is 9.59. The average Bonchev–Trinajstić information content (AvgIpc) is 2.28. The van der Waals surface area contributed by atoms with Crippen LogP contribution in [0, 0.1) is 11.3 Å². The highest BCUT2D eigenvalue weighted by molar-refractivity contribution is 5.61.